The minimum Gasteiger partial charge on any atom is -0.463 e. The average molecular weight is 286 g/mol. The quantitative estimate of drug-likeness (QED) is 0.541. The molecule has 0 N–H and O–H groups in total. The second-order valence-electron chi connectivity index (χ2n) is 5.01. The lowest BCUT2D eigenvalue weighted by Gasteiger charge is -1.99. The summed E-state index contributed by atoms with van der Waals surface area (Å²) in [5, 5.41) is 4.72. The first-order chi connectivity index (χ1) is 10.9. The highest BCUT2D eigenvalue weighted by molar-refractivity contribution is 5.78. The molecule has 0 bridgehead atoms. The van der Waals surface area contributed by atoms with Gasteiger partial charge in [-0.3, -0.25) is 0 Å². The van der Waals surface area contributed by atoms with Gasteiger partial charge < -0.3 is 4.42 Å². The van der Waals surface area contributed by atoms with Crippen molar-refractivity contribution in [3.8, 4) is 28.3 Å². The number of para-hydroxylation sites is 1. The van der Waals surface area contributed by atoms with Gasteiger partial charge in [-0.2, -0.15) is 5.10 Å². The van der Waals surface area contributed by atoms with Gasteiger partial charge in [0.15, 0.2) is 5.76 Å². The van der Waals surface area contributed by atoms with Crippen molar-refractivity contribution in [2.75, 3.05) is 0 Å². The molecule has 2 aromatic heterocycles. The van der Waals surface area contributed by atoms with Crippen LogP contribution in [0.1, 0.15) is 0 Å². The molecular formula is C19H14N2O. The van der Waals surface area contributed by atoms with E-state index in [0.29, 0.717) is 0 Å². The predicted octanol–water partition coefficient (Wildman–Crippen LogP) is 4.80. The lowest BCUT2D eigenvalue weighted by Crippen LogP contribution is -1.93. The van der Waals surface area contributed by atoms with E-state index in [4.69, 9.17) is 9.52 Å². The summed E-state index contributed by atoms with van der Waals surface area (Å²) >= 11 is 0. The van der Waals surface area contributed by atoms with Crippen LogP contribution < -0.4 is 0 Å². The van der Waals surface area contributed by atoms with Gasteiger partial charge in [-0.25, -0.2) is 4.68 Å². The van der Waals surface area contributed by atoms with E-state index in [-0.39, 0.29) is 0 Å². The molecule has 0 saturated heterocycles. The summed E-state index contributed by atoms with van der Waals surface area (Å²) in [6.45, 7) is 0. The Balaban J connectivity index is 1.91. The number of rotatable bonds is 3. The van der Waals surface area contributed by atoms with Crippen LogP contribution in [0.25, 0.3) is 28.3 Å². The Morgan fingerprint density at radius 3 is 2.18 bits per heavy atom. The molecular weight excluding hydrogens is 272 g/mol. The van der Waals surface area contributed by atoms with Crippen LogP contribution >= 0.6 is 0 Å². The van der Waals surface area contributed by atoms with E-state index >= 15 is 0 Å². The highest BCUT2D eigenvalue weighted by atomic mass is 16.3. The predicted molar refractivity (Wildman–Crippen MR) is 86.7 cm³/mol. The molecule has 3 heteroatoms. The van der Waals surface area contributed by atoms with E-state index in [1.54, 1.807) is 6.26 Å². The summed E-state index contributed by atoms with van der Waals surface area (Å²) in [7, 11) is 0. The summed E-state index contributed by atoms with van der Waals surface area (Å²) in [5.41, 5.74) is 4.05. The monoisotopic (exact) mass is 286 g/mol. The van der Waals surface area contributed by atoms with Gasteiger partial charge in [-0.15, -0.1) is 0 Å². The zero-order chi connectivity index (χ0) is 14.8. The van der Waals surface area contributed by atoms with E-state index < -0.39 is 0 Å². The Kier molecular flexibility index (Phi) is 3.09. The molecule has 3 nitrogen and oxygen atoms in total. The maximum atomic E-state index is 5.56. The minimum atomic E-state index is 0.772. The van der Waals surface area contributed by atoms with Crippen molar-refractivity contribution in [2.45, 2.75) is 0 Å². The normalized spacial score (nSPS) is 10.7. The molecule has 0 fully saturated rings. The molecule has 2 heterocycles. The molecule has 106 valence electrons. The zero-order valence-electron chi connectivity index (χ0n) is 11.9. The van der Waals surface area contributed by atoms with Gasteiger partial charge in [0, 0.05) is 11.8 Å². The molecule has 4 aromatic rings. The molecule has 22 heavy (non-hydrogen) atoms. The van der Waals surface area contributed by atoms with Crippen LogP contribution in [0.5, 0.6) is 0 Å². The summed E-state index contributed by atoms with van der Waals surface area (Å²) in [6, 6.07) is 24.1. The van der Waals surface area contributed by atoms with Crippen molar-refractivity contribution in [3.05, 3.63) is 85.3 Å². The van der Waals surface area contributed by atoms with Crippen molar-refractivity contribution in [1.82, 2.24) is 9.78 Å². The van der Waals surface area contributed by atoms with E-state index in [0.717, 1.165) is 28.3 Å². The number of hydrogen-bond donors (Lipinski definition) is 0. The topological polar surface area (TPSA) is 31.0 Å². The number of hydrogen-bond acceptors (Lipinski definition) is 2. The second kappa shape index (κ2) is 5.37. The first-order valence-corrected chi connectivity index (χ1v) is 7.16. The molecule has 0 unspecified atom stereocenters. The van der Waals surface area contributed by atoms with Gasteiger partial charge in [0.2, 0.25) is 0 Å². The molecule has 2 aromatic carbocycles. The van der Waals surface area contributed by atoms with E-state index in [1.807, 2.05) is 71.5 Å². The maximum absolute atomic E-state index is 5.56. The van der Waals surface area contributed by atoms with Crippen LogP contribution in [0.4, 0.5) is 0 Å². The van der Waals surface area contributed by atoms with Crippen LogP contribution in [-0.4, -0.2) is 9.78 Å². The van der Waals surface area contributed by atoms with Gasteiger partial charge in [0.05, 0.1) is 12.0 Å². The highest BCUT2D eigenvalue weighted by Gasteiger charge is 2.15. The van der Waals surface area contributed by atoms with Crippen LogP contribution in [0, 0.1) is 0 Å². The third-order valence-corrected chi connectivity index (χ3v) is 3.57. The van der Waals surface area contributed by atoms with Crippen molar-refractivity contribution in [3.63, 3.8) is 0 Å². The molecule has 0 aliphatic rings. The Bertz CT molecular complexity index is 862. The van der Waals surface area contributed by atoms with Crippen molar-refractivity contribution < 1.29 is 4.42 Å². The fourth-order valence-electron chi connectivity index (χ4n) is 2.51. The Morgan fingerprint density at radius 1 is 0.773 bits per heavy atom. The van der Waals surface area contributed by atoms with Gasteiger partial charge >= 0.3 is 0 Å². The molecule has 0 atom stereocenters. The number of benzene rings is 2. The first-order valence-electron chi connectivity index (χ1n) is 7.16. The molecule has 0 radical (unpaired) electrons. The Labute approximate surface area is 128 Å². The number of nitrogens with zero attached hydrogens (tertiary/aromatic N) is 2. The van der Waals surface area contributed by atoms with E-state index in [9.17, 15) is 0 Å². The average Bonchev–Trinajstić information content (AvgIpc) is 3.26. The third kappa shape index (κ3) is 2.23. The largest absolute Gasteiger partial charge is 0.463 e. The van der Waals surface area contributed by atoms with Crippen LogP contribution in [0.3, 0.4) is 0 Å². The summed E-state index contributed by atoms with van der Waals surface area (Å²) in [6.07, 6.45) is 3.72. The van der Waals surface area contributed by atoms with E-state index in [2.05, 4.69) is 12.1 Å². The molecule has 0 spiro atoms. The lowest BCUT2D eigenvalue weighted by atomic mass is 10.1. The lowest BCUT2D eigenvalue weighted by molar-refractivity contribution is 0.579. The summed E-state index contributed by atoms with van der Waals surface area (Å²) in [4.78, 5) is 0. The van der Waals surface area contributed by atoms with Gasteiger partial charge in [0.25, 0.3) is 0 Å². The SMILES string of the molecule is c1ccc(-c2cn(-c3ccccc3)nc2-c2ccco2)cc1. The minimum absolute atomic E-state index is 0.772. The number of furan rings is 1. The number of aromatic nitrogens is 2. The standard InChI is InChI=1S/C19H14N2O/c1-3-8-15(9-4-1)17-14-21(16-10-5-2-6-11-16)20-19(17)18-12-7-13-22-18/h1-14H. The Morgan fingerprint density at radius 2 is 1.50 bits per heavy atom. The van der Waals surface area contributed by atoms with Gasteiger partial charge in [-0.05, 0) is 29.8 Å². The highest BCUT2D eigenvalue weighted by Crippen LogP contribution is 2.32. The fourth-order valence-corrected chi connectivity index (χ4v) is 2.51. The zero-order valence-corrected chi connectivity index (χ0v) is 11.9. The maximum Gasteiger partial charge on any atom is 0.154 e. The molecule has 0 amide bonds. The summed E-state index contributed by atoms with van der Waals surface area (Å²) < 4.78 is 7.44. The van der Waals surface area contributed by atoms with Crippen LogP contribution in [0.15, 0.2) is 89.7 Å². The van der Waals surface area contributed by atoms with Crippen LogP contribution in [0.2, 0.25) is 0 Å². The van der Waals surface area contributed by atoms with Gasteiger partial charge in [0.1, 0.15) is 5.69 Å². The molecule has 4 rings (SSSR count). The smallest absolute Gasteiger partial charge is 0.154 e. The second-order valence-corrected chi connectivity index (χ2v) is 5.01. The Hall–Kier alpha value is -3.07. The van der Waals surface area contributed by atoms with Gasteiger partial charge in [-0.1, -0.05) is 48.5 Å². The summed E-state index contributed by atoms with van der Waals surface area (Å²) in [5.74, 6) is 0.772. The van der Waals surface area contributed by atoms with Crippen molar-refractivity contribution in [1.29, 1.82) is 0 Å². The third-order valence-electron chi connectivity index (χ3n) is 3.57. The van der Waals surface area contributed by atoms with Crippen molar-refractivity contribution >= 4 is 0 Å². The fraction of sp³-hybridized carbons (Fsp3) is 0. The molecule has 0 aliphatic carbocycles. The first kappa shape index (κ1) is 12.7. The molecule has 0 aliphatic heterocycles. The van der Waals surface area contributed by atoms with E-state index in [1.165, 1.54) is 0 Å². The van der Waals surface area contributed by atoms with Crippen molar-refractivity contribution in [2.24, 2.45) is 0 Å². The molecule has 0 saturated carbocycles. The van der Waals surface area contributed by atoms with Crippen LogP contribution in [-0.2, 0) is 0 Å².